The molecule has 52 heavy (non-hydrogen) atoms. The van der Waals surface area contributed by atoms with Crippen LogP contribution in [0.4, 0.5) is 11.4 Å². The minimum absolute atomic E-state index is 0.280. The Balaban J connectivity index is 1.10. The molecule has 0 unspecified atom stereocenters. The Morgan fingerprint density at radius 3 is 0.808 bits per heavy atom. The summed E-state index contributed by atoms with van der Waals surface area (Å²) in [5.41, 5.74) is 4.61. The van der Waals surface area contributed by atoms with Crippen molar-refractivity contribution in [2.75, 3.05) is 9.80 Å². The summed E-state index contributed by atoms with van der Waals surface area (Å²) in [7, 11) is 0. The third-order valence-corrected chi connectivity index (χ3v) is 11.5. The topological polar surface area (TPSA) is 74.8 Å². The number of amides is 4. The number of anilines is 2. The molecular weight excluding hydrogens is 645 g/mol. The van der Waals surface area contributed by atoms with Gasteiger partial charge in [0.1, 0.15) is 0 Å². The zero-order valence-electron chi connectivity index (χ0n) is 28.3. The number of allylic oxidation sites excluding steroid dienone is 4. The van der Waals surface area contributed by atoms with Gasteiger partial charge in [0.05, 0.1) is 35.0 Å². The predicted molar refractivity (Wildman–Crippen MR) is 200 cm³/mol. The number of imide groups is 2. The standard InChI is InChI=1S/C46H36N2O4/c49-43-39-35(29-14-5-1-6-15-29)24-25-36(30-16-7-2-8-17-30)40(39)44(50)47(43)33-22-13-23-34(28-33)48-45(51)41-37(31-18-9-3-10-19-31)26-27-38(42(41)46(48)52)32-20-11-4-12-21-32/h1-28,35-42H/t35-,36-,37-,38+,39-,40+,41+,42-/m0/s1. The first kappa shape index (κ1) is 31.8. The SMILES string of the molecule is O=C1[C@@H]2[C@H](C(=O)N1c1cccc(N3C(=O)[C@@H]4[C@H](C3=O)[C@H](c3ccccc3)C=C[C@H]4c3ccccc3)c1)[C@H](c1ccccc1)C=C[C@@H]2c1ccccc1. The van der Waals surface area contributed by atoms with Gasteiger partial charge in [0.25, 0.3) is 0 Å². The highest BCUT2D eigenvalue weighted by Gasteiger charge is 2.57. The number of hydrogen-bond donors (Lipinski definition) is 0. The highest BCUT2D eigenvalue weighted by atomic mass is 16.2. The lowest BCUT2D eigenvalue weighted by atomic mass is 9.68. The highest BCUT2D eigenvalue weighted by Crippen LogP contribution is 2.52. The van der Waals surface area contributed by atoms with Gasteiger partial charge < -0.3 is 0 Å². The Kier molecular flexibility index (Phi) is 7.88. The summed E-state index contributed by atoms with van der Waals surface area (Å²) in [4.78, 5) is 60.9. The van der Waals surface area contributed by atoms with E-state index in [4.69, 9.17) is 0 Å². The summed E-state index contributed by atoms with van der Waals surface area (Å²) in [5.74, 6) is -4.70. The average Bonchev–Trinajstić information content (AvgIpc) is 3.63. The second kappa shape index (κ2) is 12.9. The van der Waals surface area contributed by atoms with Crippen LogP contribution in [0.15, 0.2) is 170 Å². The van der Waals surface area contributed by atoms with E-state index in [0.717, 1.165) is 22.3 Å². The molecule has 2 aliphatic carbocycles. The van der Waals surface area contributed by atoms with Crippen LogP contribution in [0.2, 0.25) is 0 Å². The number of rotatable bonds is 6. The molecule has 5 aromatic rings. The molecule has 0 bridgehead atoms. The van der Waals surface area contributed by atoms with Crippen LogP contribution >= 0.6 is 0 Å². The third kappa shape index (κ3) is 5.09. The summed E-state index contributed by atoms with van der Waals surface area (Å²) in [6.45, 7) is 0. The molecule has 0 aromatic heterocycles. The number of benzene rings is 5. The van der Waals surface area contributed by atoms with Crippen molar-refractivity contribution in [2.24, 2.45) is 23.7 Å². The Bertz CT molecular complexity index is 1940. The molecule has 5 aromatic carbocycles. The largest absolute Gasteiger partial charge is 0.274 e. The molecule has 2 saturated heterocycles. The number of hydrogen-bond acceptors (Lipinski definition) is 4. The first-order chi connectivity index (χ1) is 25.5. The van der Waals surface area contributed by atoms with Crippen molar-refractivity contribution >= 4 is 35.0 Å². The van der Waals surface area contributed by atoms with E-state index in [2.05, 4.69) is 24.3 Å². The number of carbonyl (C=O) groups is 4. The molecule has 9 rings (SSSR count). The highest BCUT2D eigenvalue weighted by molar-refractivity contribution is 6.25. The fraction of sp³-hybridized carbons (Fsp3) is 0.174. The maximum atomic E-state index is 14.6. The Labute approximate surface area is 302 Å². The Morgan fingerprint density at radius 2 is 0.558 bits per heavy atom. The Hall–Kier alpha value is -6.14. The molecule has 6 nitrogen and oxygen atoms in total. The van der Waals surface area contributed by atoms with Crippen LogP contribution in [0.5, 0.6) is 0 Å². The van der Waals surface area contributed by atoms with E-state index in [0.29, 0.717) is 11.4 Å². The monoisotopic (exact) mass is 680 g/mol. The van der Waals surface area contributed by atoms with Gasteiger partial charge in [-0.05, 0) is 40.5 Å². The van der Waals surface area contributed by atoms with Gasteiger partial charge in [0, 0.05) is 23.7 Å². The minimum Gasteiger partial charge on any atom is -0.274 e. The van der Waals surface area contributed by atoms with E-state index in [1.165, 1.54) is 9.80 Å². The maximum absolute atomic E-state index is 14.6. The number of carbonyl (C=O) groups excluding carboxylic acids is 4. The molecule has 2 aliphatic heterocycles. The molecule has 0 saturated carbocycles. The van der Waals surface area contributed by atoms with E-state index in [9.17, 15) is 19.2 Å². The zero-order chi connectivity index (χ0) is 35.3. The molecule has 0 N–H and O–H groups in total. The van der Waals surface area contributed by atoms with Gasteiger partial charge >= 0.3 is 0 Å². The van der Waals surface area contributed by atoms with Crippen LogP contribution < -0.4 is 9.80 Å². The van der Waals surface area contributed by atoms with Gasteiger partial charge in [-0.2, -0.15) is 0 Å². The molecule has 2 heterocycles. The van der Waals surface area contributed by atoms with Crippen molar-refractivity contribution in [3.05, 3.63) is 192 Å². The molecule has 0 spiro atoms. The molecule has 4 aliphatic rings. The fourth-order valence-electron chi connectivity index (χ4n) is 9.15. The molecule has 4 amide bonds. The molecule has 8 atom stereocenters. The summed E-state index contributed by atoms with van der Waals surface area (Å²) in [6, 6.07) is 46.2. The lowest BCUT2D eigenvalue weighted by Crippen LogP contribution is -2.33. The van der Waals surface area contributed by atoms with E-state index < -0.39 is 23.7 Å². The van der Waals surface area contributed by atoms with Crippen LogP contribution in [0.25, 0.3) is 0 Å². The molecule has 2 fully saturated rings. The summed E-state index contributed by atoms with van der Waals surface area (Å²) in [6.07, 6.45) is 8.29. The quantitative estimate of drug-likeness (QED) is 0.134. The molecular formula is C46H36N2O4. The van der Waals surface area contributed by atoms with E-state index >= 15 is 0 Å². The van der Waals surface area contributed by atoms with Crippen molar-refractivity contribution < 1.29 is 19.2 Å². The summed E-state index contributed by atoms with van der Waals surface area (Å²) in [5, 5.41) is 0. The fourth-order valence-corrected chi connectivity index (χ4v) is 9.15. The molecule has 6 heteroatoms. The van der Waals surface area contributed by atoms with Crippen molar-refractivity contribution in [1.82, 2.24) is 0 Å². The summed E-state index contributed by atoms with van der Waals surface area (Å²) < 4.78 is 0. The molecule has 254 valence electrons. The lowest BCUT2D eigenvalue weighted by Gasteiger charge is -2.32. The van der Waals surface area contributed by atoms with E-state index in [1.54, 1.807) is 24.3 Å². The van der Waals surface area contributed by atoms with Crippen LogP contribution in [0, 0.1) is 23.7 Å². The number of nitrogens with zero attached hydrogens (tertiary/aromatic N) is 2. The first-order valence-electron chi connectivity index (χ1n) is 17.9. The first-order valence-corrected chi connectivity index (χ1v) is 17.9. The van der Waals surface area contributed by atoms with Crippen LogP contribution in [-0.4, -0.2) is 23.6 Å². The number of fused-ring (bicyclic) bond motifs is 2. The second-order valence-corrected chi connectivity index (χ2v) is 14.2. The second-order valence-electron chi connectivity index (χ2n) is 14.2. The normalized spacial score (nSPS) is 27.9. The summed E-state index contributed by atoms with van der Waals surface area (Å²) >= 11 is 0. The smallest absolute Gasteiger partial charge is 0.238 e. The predicted octanol–water partition coefficient (Wildman–Crippen LogP) is 8.17. The van der Waals surface area contributed by atoms with Gasteiger partial charge in [0.15, 0.2) is 0 Å². The van der Waals surface area contributed by atoms with Crippen LogP contribution in [0.1, 0.15) is 45.9 Å². The van der Waals surface area contributed by atoms with E-state index in [-0.39, 0.29) is 47.3 Å². The average molecular weight is 681 g/mol. The van der Waals surface area contributed by atoms with E-state index in [1.807, 2.05) is 121 Å². The van der Waals surface area contributed by atoms with Crippen molar-refractivity contribution in [2.45, 2.75) is 23.7 Å². The van der Waals surface area contributed by atoms with Crippen molar-refractivity contribution in [3.8, 4) is 0 Å². The van der Waals surface area contributed by atoms with Gasteiger partial charge in [0.2, 0.25) is 23.6 Å². The zero-order valence-corrected chi connectivity index (χ0v) is 28.3. The third-order valence-electron chi connectivity index (χ3n) is 11.5. The van der Waals surface area contributed by atoms with Crippen LogP contribution in [0.3, 0.4) is 0 Å². The van der Waals surface area contributed by atoms with Crippen molar-refractivity contribution in [1.29, 1.82) is 0 Å². The van der Waals surface area contributed by atoms with Gasteiger partial charge in [-0.25, -0.2) is 9.80 Å². The molecule has 0 radical (unpaired) electrons. The van der Waals surface area contributed by atoms with Gasteiger partial charge in [-0.1, -0.05) is 152 Å². The van der Waals surface area contributed by atoms with Crippen molar-refractivity contribution in [3.63, 3.8) is 0 Å². The van der Waals surface area contributed by atoms with Gasteiger partial charge in [-0.3, -0.25) is 19.2 Å². The maximum Gasteiger partial charge on any atom is 0.238 e. The van der Waals surface area contributed by atoms with Gasteiger partial charge in [-0.15, -0.1) is 0 Å². The van der Waals surface area contributed by atoms with Crippen LogP contribution in [-0.2, 0) is 19.2 Å². The minimum atomic E-state index is -0.615. The lowest BCUT2D eigenvalue weighted by molar-refractivity contribution is -0.124. The Morgan fingerprint density at radius 1 is 0.308 bits per heavy atom.